The van der Waals surface area contributed by atoms with Gasteiger partial charge in [0.1, 0.15) is 0 Å². The summed E-state index contributed by atoms with van der Waals surface area (Å²) in [6.07, 6.45) is 3.06. The van der Waals surface area contributed by atoms with Crippen LogP contribution in [0.3, 0.4) is 0 Å². The molecule has 23 heavy (non-hydrogen) atoms. The van der Waals surface area contributed by atoms with Crippen molar-refractivity contribution in [1.82, 2.24) is 4.90 Å². The molecule has 3 saturated heterocycles. The normalized spacial score (nSPS) is 39.9. The van der Waals surface area contributed by atoms with Gasteiger partial charge in [-0.3, -0.25) is 9.59 Å². The molecule has 0 amide bonds. The zero-order chi connectivity index (χ0) is 15.7. The lowest BCUT2D eigenvalue weighted by atomic mass is 9.76. The van der Waals surface area contributed by atoms with Gasteiger partial charge in [0.05, 0.1) is 30.7 Å². The third-order valence-corrected chi connectivity index (χ3v) is 5.62. The van der Waals surface area contributed by atoms with Gasteiger partial charge in [-0.05, 0) is 24.1 Å². The fourth-order valence-corrected chi connectivity index (χ4v) is 4.79. The minimum atomic E-state index is -0.758. The van der Waals surface area contributed by atoms with E-state index in [2.05, 4.69) is 11.0 Å². The molecule has 6 atom stereocenters. The highest BCUT2D eigenvalue weighted by Crippen LogP contribution is 2.54. The molecule has 4 aliphatic heterocycles. The molecule has 3 fully saturated rings. The van der Waals surface area contributed by atoms with E-state index < -0.39 is 6.29 Å². The maximum absolute atomic E-state index is 12.9. The number of rotatable bonds is 1. The number of ether oxygens (including phenoxy) is 2. The van der Waals surface area contributed by atoms with Gasteiger partial charge in [0, 0.05) is 12.1 Å². The van der Waals surface area contributed by atoms with Crippen LogP contribution in [0.15, 0.2) is 30.5 Å². The molecule has 0 unspecified atom stereocenters. The highest BCUT2D eigenvalue weighted by molar-refractivity contribution is 5.91. The van der Waals surface area contributed by atoms with Crippen LogP contribution in [-0.2, 0) is 19.1 Å². The van der Waals surface area contributed by atoms with Crippen molar-refractivity contribution >= 4 is 17.6 Å². The first kappa shape index (κ1) is 13.5. The van der Waals surface area contributed by atoms with Gasteiger partial charge >= 0.3 is 0 Å². The molecule has 0 saturated carbocycles. The molecule has 0 aromatic heterocycles. The van der Waals surface area contributed by atoms with Crippen molar-refractivity contribution in [2.24, 2.45) is 11.8 Å². The first-order valence-electron chi connectivity index (χ1n) is 8.02. The van der Waals surface area contributed by atoms with E-state index >= 15 is 0 Å². The Morgan fingerprint density at radius 1 is 1.30 bits per heavy atom. The second kappa shape index (κ2) is 4.52. The first-order valence-corrected chi connectivity index (χ1v) is 8.02. The molecular weight excluding hydrogens is 294 g/mol. The van der Waals surface area contributed by atoms with Crippen LogP contribution in [-0.4, -0.2) is 41.5 Å². The lowest BCUT2D eigenvalue weighted by Crippen LogP contribution is -2.47. The Morgan fingerprint density at radius 2 is 2.13 bits per heavy atom. The van der Waals surface area contributed by atoms with E-state index in [0.29, 0.717) is 6.61 Å². The van der Waals surface area contributed by atoms with Gasteiger partial charge in [0.2, 0.25) is 6.29 Å². The van der Waals surface area contributed by atoms with Crippen LogP contribution < -0.4 is 0 Å². The fourth-order valence-electron chi connectivity index (χ4n) is 4.79. The molecule has 118 valence electrons. The monoisotopic (exact) mass is 311 g/mol. The Balaban J connectivity index is 1.70. The number of hydrogen-bond donors (Lipinski definition) is 0. The highest BCUT2D eigenvalue weighted by Gasteiger charge is 2.63. The third-order valence-electron chi connectivity index (χ3n) is 5.62. The van der Waals surface area contributed by atoms with Crippen LogP contribution in [0.4, 0.5) is 0 Å². The molecule has 5 nitrogen and oxygen atoms in total. The Bertz CT molecular complexity index is 742. The Hall–Kier alpha value is -1.98. The van der Waals surface area contributed by atoms with Crippen LogP contribution >= 0.6 is 0 Å². The first-order chi connectivity index (χ1) is 11.2. The predicted molar refractivity (Wildman–Crippen MR) is 81.1 cm³/mol. The average molecular weight is 311 g/mol. The minimum Gasteiger partial charge on any atom is -0.359 e. The summed E-state index contributed by atoms with van der Waals surface area (Å²) >= 11 is 0. The largest absolute Gasteiger partial charge is 0.359 e. The van der Waals surface area contributed by atoms with Crippen molar-refractivity contribution < 1.29 is 19.1 Å². The van der Waals surface area contributed by atoms with E-state index in [4.69, 9.17) is 9.47 Å². The molecule has 0 aliphatic carbocycles. The van der Waals surface area contributed by atoms with Crippen LogP contribution in [0.2, 0.25) is 0 Å². The number of nitrogens with zero attached hydrogens (tertiary/aromatic N) is 1. The van der Waals surface area contributed by atoms with Gasteiger partial charge < -0.3 is 14.4 Å². The molecule has 4 heterocycles. The number of carbonyl (C=O) groups excluding carboxylic acids is 2. The van der Waals surface area contributed by atoms with Crippen molar-refractivity contribution in [2.45, 2.75) is 31.4 Å². The Labute approximate surface area is 133 Å². The molecule has 1 aromatic rings. The number of fused-ring (bicyclic) bond motifs is 8. The standard InChI is InChI=1S/C18H17NO4/c1-9(20)15-13-12-8-22-18(23-12)17(21)14(13)16-11-5-3-2-4-10(11)6-7-19(15)16/h2-7,12-16,18H,8H2,1H3/t12-,13+,14-,15-,16+,18-/m0/s1. The molecular formula is C18H17NO4. The highest BCUT2D eigenvalue weighted by atomic mass is 16.7. The summed E-state index contributed by atoms with van der Waals surface area (Å²) < 4.78 is 11.2. The summed E-state index contributed by atoms with van der Waals surface area (Å²) in [7, 11) is 0. The number of hydrogen-bond acceptors (Lipinski definition) is 5. The topological polar surface area (TPSA) is 55.8 Å². The van der Waals surface area contributed by atoms with Gasteiger partial charge in [-0.15, -0.1) is 0 Å². The molecule has 5 rings (SSSR count). The maximum atomic E-state index is 12.9. The van der Waals surface area contributed by atoms with Crippen molar-refractivity contribution in [3.8, 4) is 0 Å². The Morgan fingerprint density at radius 3 is 2.96 bits per heavy atom. The number of ketones is 2. The second-order valence-electron chi connectivity index (χ2n) is 6.74. The molecule has 0 radical (unpaired) electrons. The number of benzene rings is 1. The molecule has 1 aromatic carbocycles. The van der Waals surface area contributed by atoms with Gasteiger partial charge in [-0.2, -0.15) is 0 Å². The maximum Gasteiger partial charge on any atom is 0.218 e. The van der Waals surface area contributed by atoms with E-state index in [-0.39, 0.29) is 41.6 Å². The lowest BCUT2D eigenvalue weighted by molar-refractivity contribution is -0.165. The van der Waals surface area contributed by atoms with Crippen LogP contribution in [0.25, 0.3) is 6.08 Å². The van der Waals surface area contributed by atoms with Gasteiger partial charge in [0.15, 0.2) is 11.6 Å². The minimum absolute atomic E-state index is 0.0207. The average Bonchev–Trinajstić information content (AvgIpc) is 3.13. The molecule has 0 spiro atoms. The number of carbonyl (C=O) groups is 2. The van der Waals surface area contributed by atoms with Crippen molar-refractivity contribution in [2.75, 3.05) is 6.61 Å². The summed E-state index contributed by atoms with van der Waals surface area (Å²) in [4.78, 5) is 27.3. The zero-order valence-electron chi connectivity index (χ0n) is 12.7. The second-order valence-corrected chi connectivity index (χ2v) is 6.74. The van der Waals surface area contributed by atoms with Crippen LogP contribution in [0.5, 0.6) is 0 Å². The molecule has 5 heteroatoms. The predicted octanol–water partition coefficient (Wildman–Crippen LogP) is 1.54. The lowest BCUT2D eigenvalue weighted by Gasteiger charge is -2.34. The van der Waals surface area contributed by atoms with E-state index in [1.54, 1.807) is 6.92 Å². The quantitative estimate of drug-likeness (QED) is 0.787. The van der Waals surface area contributed by atoms with Gasteiger partial charge in [0.25, 0.3) is 0 Å². The van der Waals surface area contributed by atoms with Crippen LogP contribution in [0.1, 0.15) is 24.1 Å². The van der Waals surface area contributed by atoms with Crippen molar-refractivity contribution in [1.29, 1.82) is 0 Å². The SMILES string of the molecule is CC(=O)[C@H]1[C@H]2[C@H](C(=O)[C@H]3OC[C@@H]2O3)[C@H]2c3ccccc3C=CN21. The van der Waals surface area contributed by atoms with Gasteiger partial charge in [-0.1, -0.05) is 24.3 Å². The zero-order valence-corrected chi connectivity index (χ0v) is 12.7. The van der Waals surface area contributed by atoms with Crippen molar-refractivity contribution in [3.63, 3.8) is 0 Å². The summed E-state index contributed by atoms with van der Waals surface area (Å²) in [5, 5.41) is 0. The van der Waals surface area contributed by atoms with Crippen LogP contribution in [0, 0.1) is 11.8 Å². The fraction of sp³-hybridized carbons (Fsp3) is 0.444. The van der Waals surface area contributed by atoms with E-state index in [0.717, 1.165) is 11.1 Å². The number of Topliss-reactive ketones (excluding diaryl/α,β-unsaturated/α-hetero) is 2. The summed E-state index contributed by atoms with van der Waals surface area (Å²) in [6.45, 7) is 2.00. The summed E-state index contributed by atoms with van der Waals surface area (Å²) in [5.41, 5.74) is 2.23. The van der Waals surface area contributed by atoms with E-state index in [1.807, 2.05) is 30.5 Å². The smallest absolute Gasteiger partial charge is 0.218 e. The van der Waals surface area contributed by atoms with Crippen molar-refractivity contribution in [3.05, 3.63) is 41.6 Å². The summed E-state index contributed by atoms with van der Waals surface area (Å²) in [6, 6.07) is 7.66. The Kier molecular flexibility index (Phi) is 2.65. The molecule has 2 bridgehead atoms. The van der Waals surface area contributed by atoms with E-state index in [9.17, 15) is 9.59 Å². The van der Waals surface area contributed by atoms with E-state index in [1.165, 1.54) is 0 Å². The molecule has 0 N–H and O–H groups in total. The summed E-state index contributed by atoms with van der Waals surface area (Å²) in [5.74, 6) is -0.332. The molecule has 4 aliphatic rings. The third kappa shape index (κ3) is 1.64. The van der Waals surface area contributed by atoms with Gasteiger partial charge in [-0.25, -0.2) is 0 Å².